The van der Waals surface area contributed by atoms with Gasteiger partial charge in [0.25, 0.3) is 0 Å². The molecule has 2 N–H and O–H groups in total. The zero-order valence-corrected chi connectivity index (χ0v) is 23.0. The van der Waals surface area contributed by atoms with Crippen molar-refractivity contribution in [1.29, 1.82) is 0 Å². The van der Waals surface area contributed by atoms with Gasteiger partial charge in [0.15, 0.2) is 0 Å². The van der Waals surface area contributed by atoms with Crippen molar-refractivity contribution in [3.63, 3.8) is 0 Å². The number of para-hydroxylation sites is 2. The summed E-state index contributed by atoms with van der Waals surface area (Å²) in [5.41, 5.74) is 0.461. The van der Waals surface area contributed by atoms with Crippen LogP contribution < -0.4 is 20.4 Å². The van der Waals surface area contributed by atoms with Gasteiger partial charge in [-0.3, -0.25) is 19.4 Å². The number of hydrogen-bond donors (Lipinski definition) is 2. The van der Waals surface area contributed by atoms with Gasteiger partial charge in [0.2, 0.25) is 11.6 Å². The number of ketones is 2. The number of nitrogens with zero attached hydrogens (tertiary/aromatic N) is 2. The van der Waals surface area contributed by atoms with Gasteiger partial charge in [-0.15, -0.1) is 0 Å². The molecule has 0 aromatic heterocycles. The first-order valence-electron chi connectivity index (χ1n) is 12.9. The summed E-state index contributed by atoms with van der Waals surface area (Å²) < 4.78 is 10.0. The highest BCUT2D eigenvalue weighted by atomic mass is 16.5. The molecule has 2 aromatic carbocycles. The number of amides is 4. The van der Waals surface area contributed by atoms with Crippen LogP contribution >= 0.6 is 0 Å². The van der Waals surface area contributed by atoms with Gasteiger partial charge >= 0.3 is 24.0 Å². The Balaban J connectivity index is 1.68. The lowest BCUT2D eigenvalue weighted by molar-refractivity contribution is -0.139. The second kappa shape index (κ2) is 12.3. The van der Waals surface area contributed by atoms with Crippen molar-refractivity contribution in [2.45, 2.75) is 13.8 Å². The fourth-order valence-electron chi connectivity index (χ4n) is 4.28. The molecule has 0 fully saturated rings. The Morgan fingerprint density at radius 1 is 0.667 bits per heavy atom. The Bertz CT molecular complexity index is 1460. The van der Waals surface area contributed by atoms with Gasteiger partial charge in [0.05, 0.1) is 24.5 Å². The van der Waals surface area contributed by atoms with Crippen molar-refractivity contribution in [2.75, 3.05) is 36.1 Å². The quantitative estimate of drug-likeness (QED) is 0.278. The lowest BCUT2D eigenvalue weighted by Gasteiger charge is -2.24. The molecule has 12 nitrogen and oxygen atoms in total. The first-order valence-corrected chi connectivity index (χ1v) is 12.9. The summed E-state index contributed by atoms with van der Waals surface area (Å²) >= 11 is 0. The topological polar surface area (TPSA) is 151 Å². The van der Waals surface area contributed by atoms with Crippen LogP contribution in [0.2, 0.25) is 0 Å². The van der Waals surface area contributed by atoms with Gasteiger partial charge in [0.1, 0.15) is 24.6 Å². The third-order valence-electron chi connectivity index (χ3n) is 6.21. The maximum atomic E-state index is 13.7. The van der Waals surface area contributed by atoms with Crippen molar-refractivity contribution in [2.24, 2.45) is 0 Å². The Morgan fingerprint density at radius 2 is 1.02 bits per heavy atom. The molecular formula is C30H28N4O8. The number of esters is 2. The smallest absolute Gasteiger partial charge is 0.333 e. The molecule has 0 aliphatic carbocycles. The van der Waals surface area contributed by atoms with Crippen molar-refractivity contribution >= 4 is 46.9 Å². The van der Waals surface area contributed by atoms with E-state index in [1.165, 1.54) is 38.1 Å². The van der Waals surface area contributed by atoms with Crippen LogP contribution in [0.15, 0.2) is 84.2 Å². The highest BCUT2D eigenvalue weighted by Gasteiger charge is 2.46. The normalized spacial score (nSPS) is 15.1. The molecule has 0 spiro atoms. The van der Waals surface area contributed by atoms with Gasteiger partial charge in [-0.05, 0) is 38.1 Å². The number of Topliss-reactive ketones (excluding diaryl/α,β-unsaturated/α-hetero) is 2. The van der Waals surface area contributed by atoms with E-state index in [0.29, 0.717) is 0 Å². The van der Waals surface area contributed by atoms with Crippen molar-refractivity contribution in [3.8, 4) is 0 Å². The Kier molecular flexibility index (Phi) is 8.65. The number of nitrogens with one attached hydrogen (secondary N) is 2. The summed E-state index contributed by atoms with van der Waals surface area (Å²) in [5.74, 6) is -2.53. The SMILES string of the molecule is C=C(C)C(=O)OCCNC(=O)N1/C(=C2\C(=O)c3ccccc3N2C(=O)NCCOC(=O)C(=C)C)C(=O)c2ccccc21. The number of carbonyl (C=O) groups excluding carboxylic acids is 6. The zero-order chi connectivity index (χ0) is 30.6. The van der Waals surface area contributed by atoms with Crippen LogP contribution in [0, 0.1) is 0 Å². The largest absolute Gasteiger partial charge is 0.460 e. The zero-order valence-electron chi connectivity index (χ0n) is 23.0. The van der Waals surface area contributed by atoms with E-state index in [1.54, 1.807) is 24.3 Å². The van der Waals surface area contributed by atoms with Crippen LogP contribution in [0.3, 0.4) is 0 Å². The monoisotopic (exact) mass is 572 g/mol. The van der Waals surface area contributed by atoms with E-state index in [2.05, 4.69) is 23.8 Å². The Labute approximate surface area is 241 Å². The number of hydrogen-bond acceptors (Lipinski definition) is 8. The summed E-state index contributed by atoms with van der Waals surface area (Å²) in [6.45, 7) is 9.42. The molecule has 2 heterocycles. The molecule has 2 aromatic rings. The first kappa shape index (κ1) is 29.5. The third kappa shape index (κ3) is 5.68. The maximum Gasteiger partial charge on any atom is 0.333 e. The number of urea groups is 2. The summed E-state index contributed by atoms with van der Waals surface area (Å²) in [5, 5.41) is 5.17. The van der Waals surface area contributed by atoms with E-state index in [-0.39, 0.29) is 71.3 Å². The average Bonchev–Trinajstić information content (AvgIpc) is 3.43. The number of rotatable bonds is 8. The number of fused-ring (bicyclic) bond motifs is 2. The maximum absolute atomic E-state index is 13.7. The number of carbonyl (C=O) groups is 6. The molecule has 0 bridgehead atoms. The second-order valence-electron chi connectivity index (χ2n) is 9.36. The third-order valence-corrected chi connectivity index (χ3v) is 6.21. The molecule has 2 aliphatic rings. The minimum Gasteiger partial charge on any atom is -0.460 e. The molecule has 0 saturated carbocycles. The van der Waals surface area contributed by atoms with E-state index in [1.807, 2.05) is 0 Å². The molecule has 0 unspecified atom stereocenters. The van der Waals surface area contributed by atoms with E-state index in [9.17, 15) is 28.8 Å². The van der Waals surface area contributed by atoms with Crippen molar-refractivity contribution in [1.82, 2.24) is 10.6 Å². The molecule has 0 atom stereocenters. The molecule has 2 aliphatic heterocycles. The Morgan fingerprint density at radius 3 is 1.38 bits per heavy atom. The summed E-state index contributed by atoms with van der Waals surface area (Å²) in [6.07, 6.45) is 0. The number of allylic oxidation sites excluding steroid dienone is 2. The highest BCUT2D eigenvalue weighted by molar-refractivity contribution is 6.33. The predicted octanol–water partition coefficient (Wildman–Crippen LogP) is 3.26. The molecule has 12 heteroatoms. The van der Waals surface area contributed by atoms with Gasteiger partial charge < -0.3 is 20.1 Å². The molecule has 216 valence electrons. The van der Waals surface area contributed by atoms with E-state index < -0.39 is 35.6 Å². The fourth-order valence-corrected chi connectivity index (χ4v) is 4.28. The van der Waals surface area contributed by atoms with Crippen LogP contribution in [-0.4, -0.2) is 61.9 Å². The number of ether oxygens (including phenoxy) is 2. The first-order chi connectivity index (χ1) is 20.0. The van der Waals surface area contributed by atoms with Crippen LogP contribution in [0.1, 0.15) is 34.6 Å². The lowest BCUT2D eigenvalue weighted by atomic mass is 10.1. The predicted molar refractivity (Wildman–Crippen MR) is 152 cm³/mol. The number of benzene rings is 2. The summed E-state index contributed by atoms with van der Waals surface area (Å²) in [4.78, 5) is 79.8. The minimum atomic E-state index is -0.780. The van der Waals surface area contributed by atoms with E-state index in [4.69, 9.17) is 9.47 Å². The molecule has 4 amide bonds. The van der Waals surface area contributed by atoms with Crippen LogP contribution in [0.5, 0.6) is 0 Å². The van der Waals surface area contributed by atoms with Crippen LogP contribution in [-0.2, 0) is 19.1 Å². The lowest BCUT2D eigenvalue weighted by Crippen LogP contribution is -2.45. The fraction of sp³-hybridized carbons (Fsp3) is 0.200. The summed E-state index contributed by atoms with van der Waals surface area (Å²) in [6, 6.07) is 11.0. The number of anilines is 2. The molecule has 0 radical (unpaired) electrons. The molecule has 4 rings (SSSR count). The highest BCUT2D eigenvalue weighted by Crippen LogP contribution is 2.42. The van der Waals surface area contributed by atoms with Crippen molar-refractivity contribution < 1.29 is 38.2 Å². The van der Waals surface area contributed by atoms with Crippen molar-refractivity contribution in [3.05, 3.63) is 95.4 Å². The van der Waals surface area contributed by atoms with Crippen LogP contribution in [0.25, 0.3) is 0 Å². The van der Waals surface area contributed by atoms with Gasteiger partial charge in [-0.25, -0.2) is 19.2 Å². The van der Waals surface area contributed by atoms with Crippen LogP contribution in [0.4, 0.5) is 21.0 Å². The molecular weight excluding hydrogens is 544 g/mol. The minimum absolute atomic E-state index is 0.103. The second-order valence-corrected chi connectivity index (χ2v) is 9.36. The average molecular weight is 573 g/mol. The van der Waals surface area contributed by atoms with Gasteiger partial charge in [-0.1, -0.05) is 37.4 Å². The van der Waals surface area contributed by atoms with Gasteiger partial charge in [-0.2, -0.15) is 0 Å². The standard InChI is InChI=1S/C30H28N4O8/c1-17(2)27(37)41-15-13-31-29(39)33-21-11-7-5-9-19(21)25(35)23(33)24-26(36)20-10-6-8-12-22(20)34(24)30(40)32-14-16-42-28(38)18(3)4/h5-12H,1,3,13-16H2,2,4H3,(H,31,39)(H,32,40)/b24-23+. The molecule has 0 saturated heterocycles. The van der Waals surface area contributed by atoms with E-state index >= 15 is 0 Å². The Hall–Kier alpha value is -5.52. The van der Waals surface area contributed by atoms with E-state index in [0.717, 1.165) is 9.80 Å². The summed E-state index contributed by atoms with van der Waals surface area (Å²) in [7, 11) is 0. The molecule has 42 heavy (non-hydrogen) atoms. The van der Waals surface area contributed by atoms with Gasteiger partial charge in [0, 0.05) is 22.3 Å².